The minimum absolute atomic E-state index is 0. The number of nitriles is 2. The zero-order valence-corrected chi connectivity index (χ0v) is 53.7. The number of rotatable bonds is 6. The molecule has 10 aromatic carbocycles. The van der Waals surface area contributed by atoms with Crippen LogP contribution < -0.4 is 5.46 Å². The number of fused-ring (bicyclic) bond motifs is 12. The molecule has 0 amide bonds. The van der Waals surface area contributed by atoms with Crippen molar-refractivity contribution in [2.24, 2.45) is 0 Å². The highest BCUT2D eigenvalue weighted by Gasteiger charge is 2.52. The standard InChI is InChI=1S/C37H21N3S.C36H29BN2O2S.C7H4BrN.2CH4/c38-22-23-9-11-24(12-10-23)29-7-4-8-34-35(29)30-21-28(17-20-33(30)41-34)32-19-16-27-14-13-26-15-18-31(25-5-2-1-3-6-25)39-36(26)37(27)40-32;1-35(2)36(3,4)41-37(40-35)27-11-8-12-31-32(27)26-21-25(17-20-30(26)42-31)29-19-16-24-14-13-23-15-18-28(22-9-6-5-7-10-22)38-33(23)34(24)39-29;8-7-3-1-6(5-9)2-4-7;;/h1-21H;5-21H,1-4H3;1-4H;2*1H4. The van der Waals surface area contributed by atoms with Crippen molar-refractivity contribution >= 4 is 135 Å². The summed E-state index contributed by atoms with van der Waals surface area (Å²) in [7, 11) is -0.421. The number of nitrogens with zero attached hydrogens (tertiary/aromatic N) is 6. The van der Waals surface area contributed by atoms with Gasteiger partial charge >= 0.3 is 7.12 Å². The molecule has 16 aromatic rings. The Kier molecular flexibility index (Phi) is 17.1. The lowest BCUT2D eigenvalue weighted by Gasteiger charge is -2.32. The molecule has 1 saturated heterocycles. The van der Waals surface area contributed by atoms with Gasteiger partial charge in [0.1, 0.15) is 0 Å². The summed E-state index contributed by atoms with van der Waals surface area (Å²) in [5.41, 5.74) is 15.6. The Morgan fingerprint density at radius 2 is 0.745 bits per heavy atom. The van der Waals surface area contributed by atoms with Gasteiger partial charge in [-0.3, -0.25) is 0 Å². The van der Waals surface area contributed by atoms with E-state index in [0.29, 0.717) is 11.1 Å². The van der Waals surface area contributed by atoms with E-state index in [4.69, 9.17) is 34.5 Å². The smallest absolute Gasteiger partial charge is 0.399 e. The van der Waals surface area contributed by atoms with Gasteiger partial charge in [-0.05, 0) is 141 Å². The molecule has 1 aliphatic rings. The molecule has 8 nitrogen and oxygen atoms in total. The molecule has 0 spiro atoms. The first-order valence-electron chi connectivity index (χ1n) is 30.3. The van der Waals surface area contributed by atoms with Gasteiger partial charge in [-0.2, -0.15) is 10.5 Å². The number of hydrogen-bond acceptors (Lipinski definition) is 10. The number of benzene rings is 10. The topological polar surface area (TPSA) is 118 Å². The maximum absolute atomic E-state index is 9.25. The minimum Gasteiger partial charge on any atom is -0.399 e. The molecule has 0 radical (unpaired) electrons. The van der Waals surface area contributed by atoms with E-state index in [1.54, 1.807) is 34.8 Å². The summed E-state index contributed by atoms with van der Waals surface area (Å²) in [5.74, 6) is 0. The van der Waals surface area contributed by atoms with E-state index < -0.39 is 18.3 Å². The highest BCUT2D eigenvalue weighted by Crippen LogP contribution is 2.44. The van der Waals surface area contributed by atoms with Crippen molar-refractivity contribution in [3.05, 3.63) is 270 Å². The van der Waals surface area contributed by atoms with E-state index in [-0.39, 0.29) is 14.9 Å². The van der Waals surface area contributed by atoms with Crippen molar-refractivity contribution in [3.63, 3.8) is 0 Å². The summed E-state index contributed by atoms with van der Waals surface area (Å²) in [6.07, 6.45) is 0. The predicted molar refractivity (Wildman–Crippen MR) is 400 cm³/mol. The molecule has 0 aliphatic carbocycles. The molecular formula is C82H62BBrN6O2S2. The van der Waals surface area contributed by atoms with E-state index in [1.165, 1.54) is 45.9 Å². The van der Waals surface area contributed by atoms with Crippen LogP contribution in [0.4, 0.5) is 0 Å². The van der Waals surface area contributed by atoms with Gasteiger partial charge in [-0.25, -0.2) is 19.9 Å². The third-order valence-electron chi connectivity index (χ3n) is 17.6. The number of hydrogen-bond donors (Lipinski definition) is 0. The second kappa shape index (κ2) is 25.7. The highest BCUT2D eigenvalue weighted by atomic mass is 79.9. The van der Waals surface area contributed by atoms with Crippen LogP contribution in [0.25, 0.3) is 140 Å². The minimum atomic E-state index is -0.421. The molecule has 0 unspecified atom stereocenters. The van der Waals surface area contributed by atoms with Crippen LogP contribution >= 0.6 is 38.6 Å². The van der Waals surface area contributed by atoms with Crippen LogP contribution in [0.3, 0.4) is 0 Å². The van der Waals surface area contributed by atoms with Crippen LogP contribution in [0.1, 0.15) is 53.7 Å². The molecule has 94 heavy (non-hydrogen) atoms. The van der Waals surface area contributed by atoms with Gasteiger partial charge < -0.3 is 9.31 Å². The summed E-state index contributed by atoms with van der Waals surface area (Å²) >= 11 is 6.87. The van der Waals surface area contributed by atoms with Crippen molar-refractivity contribution in [3.8, 4) is 68.3 Å². The maximum Gasteiger partial charge on any atom is 0.495 e. The average molecular weight is 1320 g/mol. The van der Waals surface area contributed by atoms with E-state index in [2.05, 4.69) is 220 Å². The fourth-order valence-corrected chi connectivity index (χ4v) is 14.5. The van der Waals surface area contributed by atoms with Crippen LogP contribution in [-0.2, 0) is 9.31 Å². The van der Waals surface area contributed by atoms with E-state index >= 15 is 0 Å². The summed E-state index contributed by atoms with van der Waals surface area (Å²) in [6.45, 7) is 8.40. The molecule has 6 aromatic heterocycles. The lowest BCUT2D eigenvalue weighted by Crippen LogP contribution is -2.41. The number of aromatic nitrogens is 4. The lowest BCUT2D eigenvalue weighted by atomic mass is 9.76. The fourth-order valence-electron chi connectivity index (χ4n) is 12.1. The van der Waals surface area contributed by atoms with Gasteiger partial charge in [0.15, 0.2) is 0 Å². The molecule has 0 saturated carbocycles. The Labute approximate surface area is 563 Å². The van der Waals surface area contributed by atoms with Crippen LogP contribution in [-0.4, -0.2) is 38.3 Å². The van der Waals surface area contributed by atoms with Gasteiger partial charge in [-0.15, -0.1) is 22.7 Å². The third-order valence-corrected chi connectivity index (χ3v) is 20.4. The molecule has 1 aliphatic heterocycles. The van der Waals surface area contributed by atoms with Crippen molar-refractivity contribution in [1.29, 1.82) is 10.5 Å². The van der Waals surface area contributed by atoms with Gasteiger partial charge in [0.2, 0.25) is 0 Å². The van der Waals surface area contributed by atoms with Gasteiger partial charge in [0.25, 0.3) is 0 Å². The highest BCUT2D eigenvalue weighted by molar-refractivity contribution is 9.10. The quantitative estimate of drug-likeness (QED) is 0.119. The Balaban J connectivity index is 0.000000148. The summed E-state index contributed by atoms with van der Waals surface area (Å²) < 4.78 is 18.9. The molecular weight excluding hydrogens is 1260 g/mol. The van der Waals surface area contributed by atoms with Crippen LogP contribution in [0.5, 0.6) is 0 Å². The zero-order valence-electron chi connectivity index (χ0n) is 50.5. The largest absolute Gasteiger partial charge is 0.495 e. The molecule has 0 atom stereocenters. The Hall–Kier alpha value is -10.3. The lowest BCUT2D eigenvalue weighted by molar-refractivity contribution is 0.00578. The van der Waals surface area contributed by atoms with Crippen LogP contribution in [0.15, 0.2) is 259 Å². The van der Waals surface area contributed by atoms with Gasteiger partial charge in [0, 0.05) is 88.6 Å². The monoisotopic (exact) mass is 1320 g/mol. The van der Waals surface area contributed by atoms with Crippen LogP contribution in [0, 0.1) is 22.7 Å². The second-order valence-corrected chi connectivity index (χ2v) is 26.9. The van der Waals surface area contributed by atoms with Crippen molar-refractivity contribution in [2.45, 2.75) is 53.8 Å². The zero-order chi connectivity index (χ0) is 62.7. The van der Waals surface area contributed by atoms with Crippen LogP contribution in [0.2, 0.25) is 0 Å². The first-order chi connectivity index (χ1) is 44.8. The predicted octanol–water partition coefficient (Wildman–Crippen LogP) is 22.4. The van der Waals surface area contributed by atoms with Gasteiger partial charge in [0.05, 0.1) is 79.3 Å². The number of halogens is 1. The third kappa shape index (κ3) is 11.8. The number of thiophene rings is 2. The molecule has 0 bridgehead atoms. The van der Waals surface area contributed by atoms with E-state index in [9.17, 15) is 5.26 Å². The van der Waals surface area contributed by atoms with E-state index in [0.717, 1.165) is 104 Å². The van der Waals surface area contributed by atoms with Crippen molar-refractivity contribution in [1.82, 2.24) is 19.9 Å². The normalized spacial score (nSPS) is 13.0. The molecule has 12 heteroatoms. The molecule has 1 fully saturated rings. The van der Waals surface area contributed by atoms with Gasteiger partial charge in [-0.1, -0.05) is 189 Å². The van der Waals surface area contributed by atoms with Crippen molar-refractivity contribution in [2.75, 3.05) is 0 Å². The van der Waals surface area contributed by atoms with E-state index in [1.807, 2.05) is 78.9 Å². The Morgan fingerprint density at radius 3 is 1.18 bits per heavy atom. The summed E-state index contributed by atoms with van der Waals surface area (Å²) in [6, 6.07) is 91.5. The maximum atomic E-state index is 9.25. The molecule has 17 rings (SSSR count). The molecule has 454 valence electrons. The average Bonchev–Trinajstić information content (AvgIpc) is 1.51. The SMILES string of the molecule is C.C.CC1(C)OB(c2cccc3sc4ccc(-c5ccc6ccc7ccc(-c8ccccc8)nc7c6n5)cc4c23)OC1(C)C.N#Cc1ccc(-c2cccc3sc4ccc(-c5ccc6ccc7ccc(-c8ccccc8)nc7c6n5)cc4c23)cc1.N#Cc1ccc(Br)cc1. The fraction of sp³-hybridized carbons (Fsp3) is 0.0976. The first-order valence-corrected chi connectivity index (χ1v) is 32.7. The summed E-state index contributed by atoms with van der Waals surface area (Å²) in [5, 5.41) is 26.8. The Bertz CT molecular complexity index is 5630. The van der Waals surface area contributed by atoms with Crippen molar-refractivity contribution < 1.29 is 9.31 Å². The Morgan fingerprint density at radius 1 is 0.372 bits per heavy atom. The first kappa shape index (κ1) is 62.5. The summed E-state index contributed by atoms with van der Waals surface area (Å²) in [4.78, 5) is 20.5. The number of pyridine rings is 4. The second-order valence-electron chi connectivity index (χ2n) is 23.9. The molecule has 0 N–H and O–H groups in total. The molecule has 7 heterocycles.